The Morgan fingerprint density at radius 3 is 2.42 bits per heavy atom. The van der Waals surface area contributed by atoms with Crippen LogP contribution in [0.25, 0.3) is 0 Å². The molecule has 2 rings (SSSR count). The van der Waals surface area contributed by atoms with E-state index in [0.717, 1.165) is 24.8 Å². The fraction of sp³-hybridized carbons (Fsp3) is 0.577. The lowest BCUT2D eigenvalue weighted by molar-refractivity contribution is -0.150. The van der Waals surface area contributed by atoms with Gasteiger partial charge in [0.05, 0.1) is 6.04 Å². The highest BCUT2D eigenvalue weighted by atomic mass is 16.6. The summed E-state index contributed by atoms with van der Waals surface area (Å²) in [6, 6.07) is 9.01. The first-order valence-electron chi connectivity index (χ1n) is 11.7. The normalized spacial score (nSPS) is 19.3. The van der Waals surface area contributed by atoms with Crippen LogP contribution in [0.4, 0.5) is 4.79 Å². The van der Waals surface area contributed by atoms with Crippen molar-refractivity contribution < 1.29 is 23.9 Å². The van der Waals surface area contributed by atoms with Crippen LogP contribution in [0.5, 0.6) is 0 Å². The maximum Gasteiger partial charge on any atom is 0.408 e. The van der Waals surface area contributed by atoms with Crippen LogP contribution in [0.1, 0.15) is 65.9 Å². The molecule has 1 aromatic rings. The van der Waals surface area contributed by atoms with Gasteiger partial charge in [0.25, 0.3) is 0 Å². The van der Waals surface area contributed by atoms with Crippen LogP contribution >= 0.6 is 0 Å². The Balaban J connectivity index is 0.00000265. The third-order valence-electron chi connectivity index (χ3n) is 5.17. The quantitative estimate of drug-likeness (QED) is 0.328. The van der Waals surface area contributed by atoms with E-state index in [2.05, 4.69) is 10.2 Å². The van der Waals surface area contributed by atoms with Gasteiger partial charge in [-0.2, -0.15) is 0 Å². The van der Waals surface area contributed by atoms with Gasteiger partial charge in [0, 0.05) is 6.04 Å². The number of rotatable bonds is 9. The Hall–Kier alpha value is -2.67. The van der Waals surface area contributed by atoms with Crippen molar-refractivity contribution in [1.29, 1.82) is 0 Å². The largest absolute Gasteiger partial charge is 0.460 e. The minimum atomic E-state index is -0.631. The van der Waals surface area contributed by atoms with Crippen LogP contribution in [-0.4, -0.2) is 54.0 Å². The van der Waals surface area contributed by atoms with Crippen LogP contribution in [0, 0.1) is 0 Å². The summed E-state index contributed by atoms with van der Waals surface area (Å²) in [4.78, 5) is 37.5. The fourth-order valence-electron chi connectivity index (χ4n) is 3.51. The summed E-state index contributed by atoms with van der Waals surface area (Å²) in [6.07, 6.45) is 6.79. The van der Waals surface area contributed by atoms with E-state index in [9.17, 15) is 14.4 Å². The molecule has 0 radical (unpaired) electrons. The van der Waals surface area contributed by atoms with Gasteiger partial charge in [0.2, 0.25) is 0 Å². The molecular formula is C26H40N2O5. The molecule has 0 bridgehead atoms. The van der Waals surface area contributed by atoms with E-state index >= 15 is 0 Å². The molecule has 1 aromatic carbocycles. The number of alkyl carbamates (subject to hydrolysis) is 1. The summed E-state index contributed by atoms with van der Waals surface area (Å²) in [5.74, 6) is -0.194. The third kappa shape index (κ3) is 10.7. The lowest BCUT2D eigenvalue weighted by Crippen LogP contribution is -2.39. The van der Waals surface area contributed by atoms with Crippen molar-refractivity contribution in [2.45, 2.75) is 90.6 Å². The summed E-state index contributed by atoms with van der Waals surface area (Å²) in [7, 11) is 1.94. The van der Waals surface area contributed by atoms with Gasteiger partial charge >= 0.3 is 12.1 Å². The SMILES string of the molecule is CC.CN1C(C/C=C\CC(C=O)NC(=O)OC(C)(C)C)CCC1C(=O)OCc1ccccc1. The molecule has 3 unspecified atom stereocenters. The molecule has 0 aromatic heterocycles. The van der Waals surface area contributed by atoms with Crippen molar-refractivity contribution in [3.8, 4) is 0 Å². The summed E-state index contributed by atoms with van der Waals surface area (Å²) < 4.78 is 10.7. The van der Waals surface area contributed by atoms with Crippen LogP contribution < -0.4 is 5.32 Å². The molecule has 0 aliphatic carbocycles. The molecule has 1 amide bonds. The maximum atomic E-state index is 12.5. The van der Waals surface area contributed by atoms with Crippen molar-refractivity contribution in [2.75, 3.05) is 7.05 Å². The van der Waals surface area contributed by atoms with Gasteiger partial charge in [0.15, 0.2) is 0 Å². The topological polar surface area (TPSA) is 84.9 Å². The second-order valence-corrected chi connectivity index (χ2v) is 8.84. The summed E-state index contributed by atoms with van der Waals surface area (Å²) >= 11 is 0. The van der Waals surface area contributed by atoms with E-state index < -0.39 is 17.7 Å². The molecule has 1 fully saturated rings. The molecule has 1 heterocycles. The van der Waals surface area contributed by atoms with E-state index in [0.29, 0.717) is 12.7 Å². The molecule has 184 valence electrons. The Bertz CT molecular complexity index is 758. The third-order valence-corrected chi connectivity index (χ3v) is 5.17. The summed E-state index contributed by atoms with van der Waals surface area (Å²) in [5, 5.41) is 2.56. The number of hydrogen-bond donors (Lipinski definition) is 1. The zero-order chi connectivity index (χ0) is 24.9. The molecule has 1 N–H and O–H groups in total. The van der Waals surface area contributed by atoms with Gasteiger partial charge in [-0.05, 0) is 59.1 Å². The number of esters is 1. The Morgan fingerprint density at radius 2 is 1.82 bits per heavy atom. The number of likely N-dealkylation sites (N-methyl/N-ethyl adjacent to an activating group) is 1. The predicted molar refractivity (Wildman–Crippen MR) is 130 cm³/mol. The number of amides is 1. The van der Waals surface area contributed by atoms with E-state index in [1.807, 2.05) is 63.4 Å². The van der Waals surface area contributed by atoms with Crippen LogP contribution in [0.15, 0.2) is 42.5 Å². The van der Waals surface area contributed by atoms with Gasteiger partial charge in [0.1, 0.15) is 24.5 Å². The Labute approximate surface area is 198 Å². The minimum Gasteiger partial charge on any atom is -0.460 e. The standard InChI is InChI=1S/C24H34N2O5.C2H6/c1-24(2,3)31-23(29)25-19(16-27)12-8-9-13-20-14-15-21(26(20)4)22(28)30-17-18-10-6-5-7-11-18;1-2/h5-11,16,19-21H,12-15,17H2,1-4H3,(H,25,29);1-2H3/b9-8-;. The predicted octanol–water partition coefficient (Wildman–Crippen LogP) is 4.65. The van der Waals surface area contributed by atoms with E-state index in [4.69, 9.17) is 9.47 Å². The first-order valence-corrected chi connectivity index (χ1v) is 11.7. The second-order valence-electron chi connectivity index (χ2n) is 8.84. The number of ether oxygens (including phenoxy) is 2. The van der Waals surface area contributed by atoms with E-state index in [1.165, 1.54) is 0 Å². The molecule has 1 aliphatic rings. The molecule has 0 saturated carbocycles. The average molecular weight is 461 g/mol. The molecule has 7 heteroatoms. The molecule has 0 spiro atoms. The summed E-state index contributed by atoms with van der Waals surface area (Å²) in [6.45, 7) is 9.59. The molecule has 3 atom stereocenters. The van der Waals surface area contributed by atoms with Gasteiger partial charge < -0.3 is 19.6 Å². The highest BCUT2D eigenvalue weighted by Gasteiger charge is 2.35. The number of carbonyl (C=O) groups is 3. The average Bonchev–Trinajstić information content (AvgIpc) is 3.15. The maximum absolute atomic E-state index is 12.5. The molecule has 1 saturated heterocycles. The number of nitrogens with one attached hydrogen (secondary N) is 1. The van der Waals surface area contributed by atoms with Crippen LogP contribution in [0.3, 0.4) is 0 Å². The molecular weight excluding hydrogens is 420 g/mol. The monoisotopic (exact) mass is 460 g/mol. The summed E-state index contributed by atoms with van der Waals surface area (Å²) in [5.41, 5.74) is 0.361. The van der Waals surface area contributed by atoms with Crippen molar-refractivity contribution in [3.63, 3.8) is 0 Å². The number of aldehydes is 1. The number of benzene rings is 1. The number of nitrogens with zero attached hydrogens (tertiary/aromatic N) is 1. The highest BCUT2D eigenvalue weighted by molar-refractivity contribution is 5.76. The number of likely N-dealkylation sites (tertiary alicyclic amines) is 1. The van der Waals surface area contributed by atoms with Crippen LogP contribution in [0.2, 0.25) is 0 Å². The van der Waals surface area contributed by atoms with E-state index in [-0.39, 0.29) is 24.7 Å². The Kier molecular flexibility index (Phi) is 12.4. The molecule has 7 nitrogen and oxygen atoms in total. The first-order chi connectivity index (χ1) is 15.7. The fourth-order valence-corrected chi connectivity index (χ4v) is 3.51. The van der Waals surface area contributed by atoms with Crippen molar-refractivity contribution in [3.05, 3.63) is 48.0 Å². The lowest BCUT2D eigenvalue weighted by atomic mass is 10.1. The van der Waals surface area contributed by atoms with Crippen molar-refractivity contribution in [2.24, 2.45) is 0 Å². The number of hydrogen-bond acceptors (Lipinski definition) is 6. The van der Waals surface area contributed by atoms with Crippen molar-refractivity contribution >= 4 is 18.3 Å². The van der Waals surface area contributed by atoms with Crippen molar-refractivity contribution in [1.82, 2.24) is 10.2 Å². The van der Waals surface area contributed by atoms with E-state index in [1.54, 1.807) is 20.8 Å². The first kappa shape index (κ1) is 28.4. The molecule has 1 aliphatic heterocycles. The second kappa shape index (κ2) is 14.5. The van der Waals surface area contributed by atoms with Gasteiger partial charge in [-0.25, -0.2) is 4.79 Å². The zero-order valence-corrected chi connectivity index (χ0v) is 20.9. The highest BCUT2D eigenvalue weighted by Crippen LogP contribution is 2.26. The van der Waals surface area contributed by atoms with Gasteiger partial charge in [-0.15, -0.1) is 0 Å². The number of carbonyl (C=O) groups excluding carboxylic acids is 3. The minimum absolute atomic E-state index is 0.194. The Morgan fingerprint density at radius 1 is 1.15 bits per heavy atom. The van der Waals surface area contributed by atoms with Gasteiger partial charge in [-0.1, -0.05) is 56.3 Å². The van der Waals surface area contributed by atoms with Gasteiger partial charge in [-0.3, -0.25) is 9.69 Å². The lowest BCUT2D eigenvalue weighted by Gasteiger charge is -2.23. The molecule has 33 heavy (non-hydrogen) atoms. The smallest absolute Gasteiger partial charge is 0.408 e. The zero-order valence-electron chi connectivity index (χ0n) is 20.9. The van der Waals surface area contributed by atoms with Crippen LogP contribution in [-0.2, 0) is 25.7 Å².